The van der Waals surface area contributed by atoms with Gasteiger partial charge in [-0.3, -0.25) is 14.3 Å². The summed E-state index contributed by atoms with van der Waals surface area (Å²) in [5.74, 6) is 0.160. The lowest BCUT2D eigenvalue weighted by atomic mass is 10.2. The van der Waals surface area contributed by atoms with Crippen LogP contribution in [0.4, 0.5) is 0 Å². The second kappa shape index (κ2) is 8.79. The summed E-state index contributed by atoms with van der Waals surface area (Å²) in [7, 11) is 1.76. The number of carbonyl (C=O) groups is 1. The van der Waals surface area contributed by atoms with Gasteiger partial charge in [0.05, 0.1) is 17.6 Å². The van der Waals surface area contributed by atoms with Crippen molar-refractivity contribution in [1.82, 2.24) is 14.8 Å². The van der Waals surface area contributed by atoms with E-state index < -0.39 is 5.91 Å². The Bertz CT molecular complexity index is 1120. The van der Waals surface area contributed by atoms with Crippen LogP contribution < -0.4 is 15.7 Å². The number of amides is 1. The van der Waals surface area contributed by atoms with E-state index in [4.69, 9.17) is 16.3 Å². The summed E-state index contributed by atoms with van der Waals surface area (Å²) in [5, 5.41) is 4.57. The molecule has 29 heavy (non-hydrogen) atoms. The largest absolute Gasteiger partial charge is 0.483 e. The lowest BCUT2D eigenvalue weighted by Gasteiger charge is -2.09. The molecule has 0 aliphatic rings. The fourth-order valence-corrected chi connectivity index (χ4v) is 3.14. The van der Waals surface area contributed by atoms with Crippen molar-refractivity contribution in [3.05, 3.63) is 80.7 Å². The van der Waals surface area contributed by atoms with Crippen molar-refractivity contribution in [2.45, 2.75) is 13.8 Å². The molecule has 7 nitrogen and oxygen atoms in total. The minimum atomic E-state index is -0.416. The first kappa shape index (κ1) is 20.4. The van der Waals surface area contributed by atoms with E-state index in [1.807, 2.05) is 37.3 Å². The Morgan fingerprint density at radius 3 is 2.62 bits per heavy atom. The van der Waals surface area contributed by atoms with Crippen LogP contribution in [0, 0.1) is 13.8 Å². The van der Waals surface area contributed by atoms with Crippen molar-refractivity contribution in [3.8, 4) is 11.4 Å². The number of aromatic nitrogens is 2. The minimum absolute atomic E-state index is 0.145. The van der Waals surface area contributed by atoms with Gasteiger partial charge >= 0.3 is 0 Å². The molecular weight excluding hydrogens is 392 g/mol. The van der Waals surface area contributed by atoms with Gasteiger partial charge in [-0.15, -0.1) is 0 Å². The number of carbonyl (C=O) groups excluding carboxylic acids is 1. The molecule has 2 aromatic carbocycles. The van der Waals surface area contributed by atoms with E-state index in [1.165, 1.54) is 6.21 Å². The van der Waals surface area contributed by atoms with Gasteiger partial charge in [-0.05, 0) is 49.7 Å². The predicted octanol–water partition coefficient (Wildman–Crippen LogP) is 2.98. The van der Waals surface area contributed by atoms with Gasteiger partial charge in [0.15, 0.2) is 6.61 Å². The van der Waals surface area contributed by atoms with Crippen molar-refractivity contribution < 1.29 is 9.53 Å². The fourth-order valence-electron chi connectivity index (χ4n) is 2.91. The highest BCUT2D eigenvalue weighted by Gasteiger charge is 2.14. The summed E-state index contributed by atoms with van der Waals surface area (Å²) in [5.41, 5.74) is 4.97. The highest BCUT2D eigenvalue weighted by atomic mass is 35.5. The number of nitrogens with zero attached hydrogens (tertiary/aromatic N) is 3. The van der Waals surface area contributed by atoms with Crippen LogP contribution in [-0.2, 0) is 11.8 Å². The molecule has 150 valence electrons. The third-order valence-corrected chi connectivity index (χ3v) is 4.65. The third-order valence-electron chi connectivity index (χ3n) is 4.42. The molecule has 0 spiro atoms. The molecule has 1 heterocycles. The van der Waals surface area contributed by atoms with E-state index in [0.29, 0.717) is 22.0 Å². The van der Waals surface area contributed by atoms with E-state index in [0.717, 1.165) is 11.3 Å². The van der Waals surface area contributed by atoms with Crippen LogP contribution >= 0.6 is 11.6 Å². The van der Waals surface area contributed by atoms with Crippen LogP contribution in [0.3, 0.4) is 0 Å². The van der Waals surface area contributed by atoms with Crippen molar-refractivity contribution in [2.24, 2.45) is 12.1 Å². The Kier molecular flexibility index (Phi) is 6.19. The van der Waals surface area contributed by atoms with Crippen molar-refractivity contribution >= 4 is 23.7 Å². The van der Waals surface area contributed by atoms with Crippen LogP contribution in [0.5, 0.6) is 5.75 Å². The molecule has 0 aliphatic carbocycles. The number of halogens is 1. The first-order valence-electron chi connectivity index (χ1n) is 8.93. The fraction of sp³-hybridized carbons (Fsp3) is 0.190. The smallest absolute Gasteiger partial charge is 0.277 e. The molecule has 1 amide bonds. The number of ether oxygens (including phenoxy) is 1. The molecule has 0 bridgehead atoms. The first-order chi connectivity index (χ1) is 13.9. The normalized spacial score (nSPS) is 11.0. The maximum atomic E-state index is 12.6. The van der Waals surface area contributed by atoms with Gasteiger partial charge in [0.1, 0.15) is 5.75 Å². The summed E-state index contributed by atoms with van der Waals surface area (Å²) >= 11 is 5.90. The zero-order valence-electron chi connectivity index (χ0n) is 16.3. The second-order valence-electron chi connectivity index (χ2n) is 6.48. The molecule has 1 N–H and O–H groups in total. The van der Waals surface area contributed by atoms with E-state index in [2.05, 4.69) is 10.5 Å². The molecule has 0 unspecified atom stereocenters. The summed E-state index contributed by atoms with van der Waals surface area (Å²) in [6.07, 6.45) is 1.45. The van der Waals surface area contributed by atoms with E-state index >= 15 is 0 Å². The van der Waals surface area contributed by atoms with Gasteiger partial charge in [0.2, 0.25) is 0 Å². The molecule has 0 radical (unpaired) electrons. The SMILES string of the molecule is Cc1cc(Cl)ccc1OCC(=O)N/N=C\c1c(C)c(=O)n(-c2ccccc2)n1C. The number of nitrogens with one attached hydrogen (secondary N) is 1. The zero-order chi connectivity index (χ0) is 21.0. The number of hydrogen-bond acceptors (Lipinski definition) is 4. The van der Waals surface area contributed by atoms with Gasteiger partial charge in [-0.1, -0.05) is 29.8 Å². The number of para-hydroxylation sites is 1. The van der Waals surface area contributed by atoms with Crippen molar-refractivity contribution in [2.75, 3.05) is 6.61 Å². The lowest BCUT2D eigenvalue weighted by molar-refractivity contribution is -0.123. The second-order valence-corrected chi connectivity index (χ2v) is 6.91. The van der Waals surface area contributed by atoms with Gasteiger partial charge in [0.25, 0.3) is 11.5 Å². The molecular formula is C21H21ClN4O3. The van der Waals surface area contributed by atoms with Crippen LogP contribution in [0.15, 0.2) is 58.4 Å². The Morgan fingerprint density at radius 1 is 1.21 bits per heavy atom. The summed E-state index contributed by atoms with van der Waals surface area (Å²) < 4.78 is 8.72. The van der Waals surface area contributed by atoms with Gasteiger partial charge in [-0.25, -0.2) is 10.1 Å². The number of rotatable bonds is 6. The Morgan fingerprint density at radius 2 is 1.93 bits per heavy atom. The Labute approximate surface area is 173 Å². The highest BCUT2D eigenvalue weighted by molar-refractivity contribution is 6.30. The van der Waals surface area contributed by atoms with E-state index in [-0.39, 0.29) is 12.2 Å². The average molecular weight is 413 g/mol. The Balaban J connectivity index is 1.67. The zero-order valence-corrected chi connectivity index (χ0v) is 17.1. The van der Waals surface area contributed by atoms with Crippen molar-refractivity contribution in [1.29, 1.82) is 0 Å². The van der Waals surface area contributed by atoms with Gasteiger partial charge < -0.3 is 4.74 Å². The molecule has 3 aromatic rings. The number of hydrazone groups is 1. The summed E-state index contributed by atoms with van der Waals surface area (Å²) in [6.45, 7) is 3.37. The molecule has 0 atom stereocenters. The molecule has 1 aromatic heterocycles. The average Bonchev–Trinajstić information content (AvgIpc) is 2.91. The predicted molar refractivity (Wildman–Crippen MR) is 113 cm³/mol. The topological polar surface area (TPSA) is 77.6 Å². The van der Waals surface area contributed by atoms with Crippen LogP contribution in [0.25, 0.3) is 5.69 Å². The van der Waals surface area contributed by atoms with Crippen molar-refractivity contribution in [3.63, 3.8) is 0 Å². The first-order valence-corrected chi connectivity index (χ1v) is 9.31. The number of benzene rings is 2. The molecule has 8 heteroatoms. The number of aryl methyl sites for hydroxylation is 1. The van der Waals surface area contributed by atoms with E-state index in [1.54, 1.807) is 41.5 Å². The minimum Gasteiger partial charge on any atom is -0.483 e. The molecule has 3 rings (SSSR count). The van der Waals surface area contributed by atoms with Crippen LogP contribution in [-0.4, -0.2) is 28.1 Å². The van der Waals surface area contributed by atoms with E-state index in [9.17, 15) is 9.59 Å². The molecule has 0 fully saturated rings. The molecule has 0 aliphatic heterocycles. The van der Waals surface area contributed by atoms with Gasteiger partial charge in [-0.2, -0.15) is 5.10 Å². The monoisotopic (exact) mass is 412 g/mol. The van der Waals surface area contributed by atoms with Crippen LogP contribution in [0.1, 0.15) is 16.8 Å². The maximum Gasteiger partial charge on any atom is 0.277 e. The quantitative estimate of drug-likeness (QED) is 0.499. The highest BCUT2D eigenvalue weighted by Crippen LogP contribution is 2.21. The third kappa shape index (κ3) is 4.57. The molecule has 0 saturated heterocycles. The standard InChI is InChI=1S/C21H21ClN4O3/c1-14-11-16(22)9-10-19(14)29-13-20(27)24-23-12-18-15(2)21(28)26(25(18)3)17-7-5-4-6-8-17/h4-12H,13H2,1-3H3,(H,24,27)/b23-12-. The Hall–Kier alpha value is -3.32. The molecule has 0 saturated carbocycles. The summed E-state index contributed by atoms with van der Waals surface area (Å²) in [6, 6.07) is 14.5. The summed E-state index contributed by atoms with van der Waals surface area (Å²) in [4.78, 5) is 24.6. The van der Waals surface area contributed by atoms with Crippen LogP contribution in [0.2, 0.25) is 5.02 Å². The van der Waals surface area contributed by atoms with Gasteiger partial charge in [0, 0.05) is 17.6 Å². The lowest BCUT2D eigenvalue weighted by Crippen LogP contribution is -2.25. The maximum absolute atomic E-state index is 12.6. The number of hydrogen-bond donors (Lipinski definition) is 1.